The molecule has 2 aromatic heterocycles. The van der Waals surface area contributed by atoms with Gasteiger partial charge >= 0.3 is 0 Å². The van der Waals surface area contributed by atoms with E-state index >= 15 is 0 Å². The Bertz CT molecular complexity index is 855. The van der Waals surface area contributed by atoms with Gasteiger partial charge in [-0.2, -0.15) is 5.10 Å². The highest BCUT2D eigenvalue weighted by Crippen LogP contribution is 2.33. The van der Waals surface area contributed by atoms with E-state index in [4.69, 9.17) is 4.98 Å². The summed E-state index contributed by atoms with van der Waals surface area (Å²) in [6.07, 6.45) is 1.94. The molecule has 0 saturated carbocycles. The Kier molecular flexibility index (Phi) is 4.98. The van der Waals surface area contributed by atoms with Crippen LogP contribution < -0.4 is 5.32 Å². The zero-order chi connectivity index (χ0) is 19.0. The zero-order valence-corrected chi connectivity index (χ0v) is 16.2. The molecule has 2 amide bonds. The predicted octanol–water partition coefficient (Wildman–Crippen LogP) is 3.00. The highest BCUT2D eigenvalue weighted by molar-refractivity contribution is 6.00. The van der Waals surface area contributed by atoms with Crippen LogP contribution in [0.15, 0.2) is 6.07 Å². The third-order valence-corrected chi connectivity index (χ3v) is 4.94. The number of carbonyl (C=O) groups excluding carboxylic acids is 2. The van der Waals surface area contributed by atoms with Gasteiger partial charge in [-0.15, -0.1) is 0 Å². The van der Waals surface area contributed by atoms with Gasteiger partial charge in [-0.05, 0) is 39.7 Å². The number of hydrogen-bond acceptors (Lipinski definition) is 4. The van der Waals surface area contributed by atoms with Gasteiger partial charge in [0, 0.05) is 44.6 Å². The lowest BCUT2D eigenvalue weighted by atomic mass is 9.93. The number of hydrogen-bond donors (Lipinski definition) is 1. The Labute approximate surface area is 153 Å². The maximum absolute atomic E-state index is 11.8. The van der Waals surface area contributed by atoms with Gasteiger partial charge in [0.05, 0.1) is 16.8 Å². The first-order chi connectivity index (χ1) is 12.3. The first-order valence-electron chi connectivity index (χ1n) is 9.20. The molecular formula is C19H27N5O2. The number of aromatic nitrogens is 3. The van der Waals surface area contributed by atoms with Crippen LogP contribution in [0.25, 0.3) is 11.0 Å². The minimum absolute atomic E-state index is 0.0981. The molecule has 7 nitrogen and oxygen atoms in total. The number of amides is 2. The molecule has 1 unspecified atom stereocenters. The zero-order valence-electron chi connectivity index (χ0n) is 16.2. The van der Waals surface area contributed by atoms with Crippen molar-refractivity contribution in [3.63, 3.8) is 0 Å². The highest BCUT2D eigenvalue weighted by Gasteiger charge is 2.26. The fourth-order valence-corrected chi connectivity index (χ4v) is 3.69. The van der Waals surface area contributed by atoms with Crippen molar-refractivity contribution in [2.24, 2.45) is 0 Å². The number of rotatable bonds is 3. The molecule has 1 atom stereocenters. The molecule has 0 radical (unpaired) electrons. The van der Waals surface area contributed by atoms with E-state index in [0.29, 0.717) is 6.54 Å². The van der Waals surface area contributed by atoms with E-state index in [-0.39, 0.29) is 23.8 Å². The average molecular weight is 357 g/mol. The lowest BCUT2D eigenvalue weighted by molar-refractivity contribution is -0.130. The van der Waals surface area contributed by atoms with Crippen molar-refractivity contribution in [3.8, 4) is 0 Å². The summed E-state index contributed by atoms with van der Waals surface area (Å²) >= 11 is 0. The normalized spacial score (nSPS) is 17.8. The molecule has 3 heterocycles. The van der Waals surface area contributed by atoms with Gasteiger partial charge in [0.15, 0.2) is 5.65 Å². The van der Waals surface area contributed by atoms with Crippen molar-refractivity contribution in [3.05, 3.63) is 17.5 Å². The van der Waals surface area contributed by atoms with Crippen LogP contribution in [0.4, 0.5) is 5.69 Å². The molecule has 0 bridgehead atoms. The standard InChI is InChI=1S/C19H27N5O2/c1-11(2)24-19-18(12(3)22-24)17(20-13(4)25)9-16(21-19)15-7-6-8-23(10-15)14(5)26/h9,11,15H,6-8,10H2,1-5H3,(H,20,21,25). The number of piperidine rings is 1. The topological polar surface area (TPSA) is 80.1 Å². The van der Waals surface area contributed by atoms with Crippen LogP contribution in [0.3, 0.4) is 0 Å². The Morgan fingerprint density at radius 2 is 2.04 bits per heavy atom. The van der Waals surface area contributed by atoms with Crippen LogP contribution >= 0.6 is 0 Å². The van der Waals surface area contributed by atoms with Crippen LogP contribution in [0.5, 0.6) is 0 Å². The van der Waals surface area contributed by atoms with Crippen LogP contribution in [-0.4, -0.2) is 44.6 Å². The molecule has 7 heteroatoms. The summed E-state index contributed by atoms with van der Waals surface area (Å²) in [6, 6.07) is 2.12. The minimum atomic E-state index is -0.117. The number of likely N-dealkylation sites (tertiary alicyclic amines) is 1. The first kappa shape index (κ1) is 18.4. The van der Waals surface area contributed by atoms with Crippen LogP contribution in [-0.2, 0) is 9.59 Å². The Balaban J connectivity index is 2.12. The van der Waals surface area contributed by atoms with E-state index in [9.17, 15) is 9.59 Å². The second kappa shape index (κ2) is 7.05. The molecule has 0 aromatic carbocycles. The van der Waals surface area contributed by atoms with E-state index < -0.39 is 0 Å². The molecule has 1 aliphatic heterocycles. The van der Waals surface area contributed by atoms with E-state index in [1.54, 1.807) is 6.92 Å². The van der Waals surface area contributed by atoms with Crippen LogP contribution in [0.2, 0.25) is 0 Å². The number of aryl methyl sites for hydroxylation is 1. The number of pyridine rings is 1. The van der Waals surface area contributed by atoms with Gasteiger partial charge in [-0.1, -0.05) is 0 Å². The number of nitrogens with one attached hydrogen (secondary N) is 1. The van der Waals surface area contributed by atoms with Crippen molar-refractivity contribution >= 4 is 28.5 Å². The van der Waals surface area contributed by atoms with Crippen molar-refractivity contribution in [1.29, 1.82) is 0 Å². The summed E-state index contributed by atoms with van der Waals surface area (Å²) in [5, 5.41) is 8.45. The molecule has 3 rings (SSSR count). The molecule has 1 N–H and O–H groups in total. The van der Waals surface area contributed by atoms with Gasteiger partial charge in [-0.3, -0.25) is 9.59 Å². The van der Waals surface area contributed by atoms with E-state index in [0.717, 1.165) is 47.5 Å². The summed E-state index contributed by atoms with van der Waals surface area (Å²) in [6.45, 7) is 10.7. The number of carbonyl (C=O) groups is 2. The summed E-state index contributed by atoms with van der Waals surface area (Å²) in [5.41, 5.74) is 3.31. The van der Waals surface area contributed by atoms with E-state index in [1.165, 1.54) is 6.92 Å². The number of nitrogens with zero attached hydrogens (tertiary/aromatic N) is 4. The Morgan fingerprint density at radius 3 is 2.65 bits per heavy atom. The third kappa shape index (κ3) is 3.43. The van der Waals surface area contributed by atoms with Gasteiger partial charge < -0.3 is 10.2 Å². The quantitative estimate of drug-likeness (QED) is 0.916. The number of fused-ring (bicyclic) bond motifs is 1. The van der Waals surface area contributed by atoms with E-state index in [1.807, 2.05) is 22.6 Å². The second-order valence-electron chi connectivity index (χ2n) is 7.40. The molecule has 1 fully saturated rings. The van der Waals surface area contributed by atoms with Gasteiger partial charge in [0.25, 0.3) is 0 Å². The molecular weight excluding hydrogens is 330 g/mol. The SMILES string of the molecule is CC(=O)Nc1cc(C2CCCN(C(C)=O)C2)nc2c1c(C)nn2C(C)C. The van der Waals surface area contributed by atoms with E-state index in [2.05, 4.69) is 24.3 Å². The lowest BCUT2D eigenvalue weighted by Crippen LogP contribution is -2.37. The van der Waals surface area contributed by atoms with Crippen LogP contribution in [0.1, 0.15) is 63.9 Å². The molecule has 140 valence electrons. The second-order valence-corrected chi connectivity index (χ2v) is 7.40. The van der Waals surface area contributed by atoms with Crippen molar-refractivity contribution in [1.82, 2.24) is 19.7 Å². The summed E-state index contributed by atoms with van der Waals surface area (Å²) in [4.78, 5) is 30.3. The monoisotopic (exact) mass is 357 g/mol. The third-order valence-electron chi connectivity index (χ3n) is 4.94. The Hall–Kier alpha value is -2.44. The van der Waals surface area contributed by atoms with Crippen molar-refractivity contribution < 1.29 is 9.59 Å². The average Bonchev–Trinajstić information content (AvgIpc) is 2.92. The molecule has 0 spiro atoms. The molecule has 1 saturated heterocycles. The molecule has 26 heavy (non-hydrogen) atoms. The predicted molar refractivity (Wildman–Crippen MR) is 101 cm³/mol. The van der Waals surface area contributed by atoms with Gasteiger partial charge in [-0.25, -0.2) is 9.67 Å². The maximum Gasteiger partial charge on any atom is 0.221 e. The lowest BCUT2D eigenvalue weighted by Gasteiger charge is -2.32. The molecule has 1 aliphatic rings. The summed E-state index contributed by atoms with van der Waals surface area (Å²) in [5.74, 6) is 0.149. The fraction of sp³-hybridized carbons (Fsp3) is 0.579. The van der Waals surface area contributed by atoms with Crippen molar-refractivity contribution in [2.45, 2.75) is 59.4 Å². The summed E-state index contributed by atoms with van der Waals surface area (Å²) in [7, 11) is 0. The maximum atomic E-state index is 11.8. The first-order valence-corrected chi connectivity index (χ1v) is 9.20. The van der Waals surface area contributed by atoms with Crippen molar-refractivity contribution in [2.75, 3.05) is 18.4 Å². The number of anilines is 1. The highest BCUT2D eigenvalue weighted by atomic mass is 16.2. The van der Waals surface area contributed by atoms with Crippen LogP contribution in [0, 0.1) is 6.92 Å². The molecule has 0 aliphatic carbocycles. The molecule has 2 aromatic rings. The summed E-state index contributed by atoms with van der Waals surface area (Å²) < 4.78 is 1.91. The van der Waals surface area contributed by atoms with Gasteiger partial charge in [0.1, 0.15) is 0 Å². The fourth-order valence-electron chi connectivity index (χ4n) is 3.69. The smallest absolute Gasteiger partial charge is 0.221 e. The Morgan fingerprint density at radius 1 is 1.31 bits per heavy atom. The largest absolute Gasteiger partial charge is 0.342 e. The van der Waals surface area contributed by atoms with Gasteiger partial charge in [0.2, 0.25) is 11.8 Å². The minimum Gasteiger partial charge on any atom is -0.342 e.